The Kier molecular flexibility index (Phi) is 5.81. The van der Waals surface area contributed by atoms with Gasteiger partial charge in [0.2, 0.25) is 26.7 Å². The minimum atomic E-state index is -4.13. The fourth-order valence-electron chi connectivity index (χ4n) is 4.08. The highest BCUT2D eigenvalue weighted by atomic mass is 32.2. The summed E-state index contributed by atoms with van der Waals surface area (Å²) >= 11 is 0. The molecule has 28 heavy (non-hydrogen) atoms. The van der Waals surface area contributed by atoms with E-state index in [0.29, 0.717) is 0 Å². The van der Waals surface area contributed by atoms with Crippen LogP contribution < -0.4 is 5.32 Å². The zero-order valence-corrected chi connectivity index (χ0v) is 16.7. The number of hydrogen-bond acceptors (Lipinski definition) is 3. The topological polar surface area (TPSA) is 63.2 Å². The number of carbonyl (C=O) groups excluding carboxylic acids is 1. The van der Waals surface area contributed by atoms with Crippen LogP contribution in [0.2, 0.25) is 0 Å². The van der Waals surface area contributed by atoms with Crippen molar-refractivity contribution in [2.75, 3.05) is 0 Å². The molecule has 0 heterocycles. The first kappa shape index (κ1) is 21.1. The van der Waals surface area contributed by atoms with Gasteiger partial charge in [-0.1, -0.05) is 12.1 Å². The predicted octanol–water partition coefficient (Wildman–Crippen LogP) is 4.32. The number of hydrogen-bond donors (Lipinski definition) is 1. The molecule has 2 aliphatic carbocycles. The molecule has 4 nitrogen and oxygen atoms in total. The summed E-state index contributed by atoms with van der Waals surface area (Å²) in [6.45, 7) is 1.75. The Morgan fingerprint density at radius 3 is 2.21 bits per heavy atom. The largest absolute Gasteiger partial charge is 0.353 e. The summed E-state index contributed by atoms with van der Waals surface area (Å²) in [5, 5.41) is 0.456. The number of alkyl halides is 3. The van der Waals surface area contributed by atoms with Crippen molar-refractivity contribution >= 4 is 15.7 Å². The van der Waals surface area contributed by atoms with Gasteiger partial charge in [-0.05, 0) is 63.1 Å². The standard InChI is InChI=1S/C20H26F3NO3S/c1-14-3-2-4-17(13-14)28(26,27)20(23)11-7-16(8-12-20)24-18(25)15-5-9-19(21,22)10-6-15/h2-4,13,15-16H,5-12H2,1H3,(H,24,25). The van der Waals surface area contributed by atoms with E-state index in [0.717, 1.165) is 5.56 Å². The molecule has 3 rings (SSSR count). The number of aryl methyl sites for hydroxylation is 1. The van der Waals surface area contributed by atoms with Gasteiger partial charge in [0.1, 0.15) is 0 Å². The summed E-state index contributed by atoms with van der Waals surface area (Å²) in [7, 11) is -4.13. The highest BCUT2D eigenvalue weighted by Crippen LogP contribution is 2.41. The number of halogens is 3. The fraction of sp³-hybridized carbons (Fsp3) is 0.650. The van der Waals surface area contributed by atoms with Crippen molar-refractivity contribution in [1.29, 1.82) is 0 Å². The Balaban J connectivity index is 1.58. The van der Waals surface area contributed by atoms with Crippen LogP contribution in [0.1, 0.15) is 56.9 Å². The van der Waals surface area contributed by atoms with Gasteiger partial charge in [-0.2, -0.15) is 0 Å². The molecular weight excluding hydrogens is 391 g/mol. The van der Waals surface area contributed by atoms with Crippen LogP contribution >= 0.6 is 0 Å². The molecule has 0 saturated heterocycles. The summed E-state index contributed by atoms with van der Waals surface area (Å²) < 4.78 is 67.3. The molecule has 2 aliphatic rings. The average molecular weight is 417 g/mol. The Morgan fingerprint density at radius 1 is 1.04 bits per heavy atom. The lowest BCUT2D eigenvalue weighted by molar-refractivity contribution is -0.130. The molecule has 0 spiro atoms. The van der Waals surface area contributed by atoms with Crippen LogP contribution in [-0.2, 0) is 14.6 Å². The van der Waals surface area contributed by atoms with Crippen molar-refractivity contribution in [2.45, 2.75) is 80.2 Å². The summed E-state index contributed by atoms with van der Waals surface area (Å²) in [5.41, 5.74) is 0.740. The molecule has 1 N–H and O–H groups in total. The quantitative estimate of drug-likeness (QED) is 0.794. The third-order valence-corrected chi connectivity index (χ3v) is 8.19. The van der Waals surface area contributed by atoms with E-state index in [1.807, 2.05) is 0 Å². The lowest BCUT2D eigenvalue weighted by atomic mass is 9.85. The molecule has 0 unspecified atom stereocenters. The predicted molar refractivity (Wildman–Crippen MR) is 99.5 cm³/mol. The van der Waals surface area contributed by atoms with Crippen LogP contribution in [0.5, 0.6) is 0 Å². The highest BCUT2D eigenvalue weighted by Gasteiger charge is 2.48. The Morgan fingerprint density at radius 2 is 1.64 bits per heavy atom. The molecule has 1 aromatic carbocycles. The average Bonchev–Trinajstić information content (AvgIpc) is 2.63. The monoisotopic (exact) mass is 417 g/mol. The minimum Gasteiger partial charge on any atom is -0.353 e. The molecule has 1 aromatic rings. The van der Waals surface area contributed by atoms with Crippen molar-refractivity contribution < 1.29 is 26.4 Å². The van der Waals surface area contributed by atoms with Crippen molar-refractivity contribution in [3.05, 3.63) is 29.8 Å². The SMILES string of the molecule is Cc1cccc(S(=O)(=O)C2(F)CCC(NC(=O)C3CCC(F)(F)CC3)CC2)c1. The first-order chi connectivity index (χ1) is 13.0. The molecule has 0 radical (unpaired) electrons. The van der Waals surface area contributed by atoms with Crippen molar-refractivity contribution in [1.82, 2.24) is 5.32 Å². The third kappa shape index (κ3) is 4.36. The maximum Gasteiger partial charge on any atom is 0.248 e. The lowest BCUT2D eigenvalue weighted by Crippen LogP contribution is -2.47. The van der Waals surface area contributed by atoms with Crippen LogP contribution in [0.15, 0.2) is 29.2 Å². The van der Waals surface area contributed by atoms with Gasteiger partial charge < -0.3 is 5.32 Å². The smallest absolute Gasteiger partial charge is 0.248 e. The van der Waals surface area contributed by atoms with Crippen LogP contribution in [0.25, 0.3) is 0 Å². The Labute approximate surface area is 163 Å². The number of rotatable bonds is 4. The molecule has 0 aliphatic heterocycles. The molecule has 0 bridgehead atoms. The maximum atomic E-state index is 15.3. The molecule has 156 valence electrons. The molecular formula is C20H26F3NO3S. The van der Waals surface area contributed by atoms with Gasteiger partial charge in [-0.3, -0.25) is 4.79 Å². The molecule has 0 aromatic heterocycles. The van der Waals surface area contributed by atoms with Crippen LogP contribution in [-0.4, -0.2) is 31.3 Å². The molecule has 1 amide bonds. The number of amides is 1. The first-order valence-electron chi connectivity index (χ1n) is 9.71. The third-order valence-electron chi connectivity index (χ3n) is 5.95. The zero-order valence-electron chi connectivity index (χ0n) is 15.9. The number of benzene rings is 1. The maximum absolute atomic E-state index is 15.3. The summed E-state index contributed by atoms with van der Waals surface area (Å²) in [6.07, 6.45) is -0.295. The molecule has 2 saturated carbocycles. The van der Waals surface area contributed by atoms with E-state index in [9.17, 15) is 22.0 Å². The number of nitrogens with one attached hydrogen (secondary N) is 1. The molecule has 0 atom stereocenters. The van der Waals surface area contributed by atoms with Crippen molar-refractivity contribution in [3.8, 4) is 0 Å². The van der Waals surface area contributed by atoms with Gasteiger partial charge in [0.15, 0.2) is 0 Å². The van der Waals surface area contributed by atoms with Gasteiger partial charge in [0, 0.05) is 24.8 Å². The Bertz CT molecular complexity index is 823. The normalized spacial score (nSPS) is 28.6. The summed E-state index contributed by atoms with van der Waals surface area (Å²) in [6, 6.07) is 5.87. The van der Waals surface area contributed by atoms with E-state index in [-0.39, 0.29) is 68.2 Å². The molecule has 2 fully saturated rings. The van der Waals surface area contributed by atoms with Crippen LogP contribution in [0.3, 0.4) is 0 Å². The van der Waals surface area contributed by atoms with Crippen LogP contribution in [0, 0.1) is 12.8 Å². The van der Waals surface area contributed by atoms with Gasteiger partial charge in [-0.15, -0.1) is 0 Å². The second kappa shape index (κ2) is 7.69. The fourth-order valence-corrected chi connectivity index (χ4v) is 5.87. The number of sulfone groups is 1. The van der Waals surface area contributed by atoms with E-state index in [1.165, 1.54) is 12.1 Å². The highest BCUT2D eigenvalue weighted by molar-refractivity contribution is 7.92. The van der Waals surface area contributed by atoms with E-state index < -0.39 is 26.7 Å². The van der Waals surface area contributed by atoms with Gasteiger partial charge in [0.05, 0.1) is 4.90 Å². The van der Waals surface area contributed by atoms with E-state index >= 15 is 4.39 Å². The van der Waals surface area contributed by atoms with Crippen molar-refractivity contribution in [2.24, 2.45) is 5.92 Å². The van der Waals surface area contributed by atoms with Crippen molar-refractivity contribution in [3.63, 3.8) is 0 Å². The summed E-state index contributed by atoms with van der Waals surface area (Å²) in [5.74, 6) is -3.43. The van der Waals surface area contributed by atoms with E-state index in [2.05, 4.69) is 5.32 Å². The van der Waals surface area contributed by atoms with E-state index in [4.69, 9.17) is 0 Å². The van der Waals surface area contributed by atoms with Crippen LogP contribution in [0.4, 0.5) is 13.2 Å². The second-order valence-electron chi connectivity index (χ2n) is 8.12. The Hall–Kier alpha value is -1.57. The van der Waals surface area contributed by atoms with Gasteiger partial charge in [-0.25, -0.2) is 21.6 Å². The second-order valence-corrected chi connectivity index (χ2v) is 10.3. The lowest BCUT2D eigenvalue weighted by Gasteiger charge is -2.35. The first-order valence-corrected chi connectivity index (χ1v) is 11.2. The van der Waals surface area contributed by atoms with Gasteiger partial charge >= 0.3 is 0 Å². The zero-order chi connectivity index (χ0) is 20.6. The number of carbonyl (C=O) groups is 1. The van der Waals surface area contributed by atoms with E-state index in [1.54, 1.807) is 19.1 Å². The minimum absolute atomic E-state index is 0.0272. The molecule has 8 heteroatoms. The summed E-state index contributed by atoms with van der Waals surface area (Å²) in [4.78, 5) is 12.3. The van der Waals surface area contributed by atoms with Gasteiger partial charge in [0.25, 0.3) is 0 Å².